The van der Waals surface area contributed by atoms with Crippen molar-refractivity contribution in [3.8, 4) is 11.1 Å². The lowest BCUT2D eigenvalue weighted by Gasteiger charge is -2.73. The molecule has 644 valence electrons. The first-order valence-electron chi connectivity index (χ1n) is 39.4. The van der Waals surface area contributed by atoms with Crippen molar-refractivity contribution in [2.75, 3.05) is 0 Å². The Morgan fingerprint density at radius 2 is 0.524 bits per heavy atom. The summed E-state index contributed by atoms with van der Waals surface area (Å²) in [6.45, 7) is 0. The van der Waals surface area contributed by atoms with E-state index in [4.69, 9.17) is 0 Å². The molecule has 0 aliphatic heterocycles. The van der Waals surface area contributed by atoms with Crippen molar-refractivity contribution in [1.82, 2.24) is 0 Å². The highest BCUT2D eigenvalue weighted by Gasteiger charge is 3.11. The van der Waals surface area contributed by atoms with Crippen LogP contribution in [-0.2, 0) is 70.4 Å². The van der Waals surface area contributed by atoms with Gasteiger partial charge in [-0.3, -0.25) is 0 Å². The van der Waals surface area contributed by atoms with Crippen LogP contribution in [0.4, 0.5) is 184 Å². The van der Waals surface area contributed by atoms with Crippen molar-refractivity contribution in [2.24, 2.45) is 70.5 Å². The van der Waals surface area contributed by atoms with Gasteiger partial charge in [0.05, 0.1) is 0 Å². The van der Waals surface area contributed by atoms with Crippen molar-refractivity contribution < 1.29 is 184 Å². The molecule has 28 unspecified atom stereocenters. The fraction of sp³-hybridized carbons (Fsp3) is 0.500. The maximum absolute atomic E-state index is 20.5. The molecule has 0 heterocycles. The van der Waals surface area contributed by atoms with Gasteiger partial charge in [-0.05, 0) is 250 Å². The molecule has 0 radical (unpaired) electrons. The Morgan fingerprint density at radius 3 is 1.06 bits per heavy atom. The van der Waals surface area contributed by atoms with E-state index in [1.807, 2.05) is 0 Å². The smallest absolute Gasteiger partial charge is 0.170 e. The fourth-order valence-electron chi connectivity index (χ4n) is 43.3. The van der Waals surface area contributed by atoms with Crippen LogP contribution in [0.3, 0.4) is 0 Å². The minimum absolute atomic E-state index is 2.13. The van der Waals surface area contributed by atoms with E-state index >= 15 is 184 Å². The maximum atomic E-state index is 20.5. The summed E-state index contributed by atoms with van der Waals surface area (Å²) in [7, 11) is 0. The summed E-state index contributed by atoms with van der Waals surface area (Å²) in [6, 6.07) is 0. The standard InChI is InChI=1S/C84H14F42/c85-71(86,87)57-19-2-3-1-4-6-5(2)27(57)39-42-28(6)60(74(94,95)96)23(4)30-16-12-18-35-41-43-29(12)61(30,75(97,98)99)45-46(60)48-50-49-47(45)68(43,82(118,119)120)53-36-10-8-7-9-13-22-11(14(19)31-24(3)58(20(1)16,72(88,89)90)37(18)54(64(22,31)78(106,107)108)65(35,79(109,110)111)32(13)26(8)62(36,41)76(100,101)102)15-21(9)59(73(91,92)93)25(7)33-17(10)38(67(49,53)81(115,116)117)55-66(33,80(112,113)114)51-44(59)40(34(15)57)63(39,77(103,104)105)52(51)56(69(42,48)83(121,122)123)70(50,55)84(124,125)126/h27-29,35,37-39,41-44,51,54-55H. The molecule has 7 aromatic rings. The average molecular weight is 1820 g/mol. The van der Waals surface area contributed by atoms with E-state index < -0.39 is 477 Å². The number of benzene rings is 7. The topological polar surface area (TPSA) is 0 Å². The molecule has 2 saturated carbocycles. The molecule has 0 nitrogen and oxygen atoms in total. The molecule has 0 bridgehead atoms. The fourth-order valence-corrected chi connectivity index (χ4v) is 43.3. The summed E-state index contributed by atoms with van der Waals surface area (Å²) < 4.78 is 852. The number of alkyl halides is 42. The molecular weight excluding hydrogens is 1810 g/mol. The van der Waals surface area contributed by atoms with E-state index in [0.29, 0.717) is 0 Å². The van der Waals surface area contributed by atoms with Crippen LogP contribution in [0.15, 0.2) is 27.9 Å². The number of rotatable bonds is 0. The second kappa shape index (κ2) is 14.5. The molecule has 37 rings (SSSR count). The van der Waals surface area contributed by atoms with Crippen molar-refractivity contribution in [1.29, 1.82) is 0 Å². The lowest BCUT2D eigenvalue weighted by Crippen LogP contribution is -2.79. The molecule has 30 aliphatic rings. The Morgan fingerprint density at radius 1 is 0.167 bits per heavy atom. The Hall–Kier alpha value is -8.40. The van der Waals surface area contributed by atoms with Gasteiger partial charge < -0.3 is 0 Å². The van der Waals surface area contributed by atoms with Gasteiger partial charge >= 0.3 is 86.5 Å². The van der Waals surface area contributed by atoms with Gasteiger partial charge in [0.2, 0.25) is 0 Å². The largest absolute Gasteiger partial charge is 0.403 e. The molecule has 42 heteroatoms. The van der Waals surface area contributed by atoms with Crippen molar-refractivity contribution in [2.45, 2.75) is 175 Å². The number of halogens is 42. The van der Waals surface area contributed by atoms with Gasteiger partial charge in [-0.25, -0.2) is 0 Å². The summed E-state index contributed by atoms with van der Waals surface area (Å²) in [4.78, 5) is 0. The van der Waals surface area contributed by atoms with Crippen molar-refractivity contribution in [3.05, 3.63) is 161 Å². The predicted octanol–water partition coefficient (Wildman–Crippen LogP) is 23.3. The third kappa shape index (κ3) is 3.93. The lowest BCUT2D eigenvalue weighted by molar-refractivity contribution is -0.308. The summed E-state index contributed by atoms with van der Waals surface area (Å²) in [6.07, 6.45) is -109. The molecule has 2 fully saturated rings. The highest BCUT2D eigenvalue weighted by Crippen LogP contribution is 3.10. The average Bonchev–Trinajstić information content (AvgIpc) is 1.35. The van der Waals surface area contributed by atoms with Crippen molar-refractivity contribution in [3.63, 3.8) is 0 Å². The molecule has 7 aromatic carbocycles. The van der Waals surface area contributed by atoms with Crippen LogP contribution in [0.25, 0.3) is 70.9 Å². The maximum Gasteiger partial charge on any atom is 0.403 e. The zero-order valence-electron chi connectivity index (χ0n) is 59.0. The van der Waals surface area contributed by atoms with Gasteiger partial charge in [0.25, 0.3) is 0 Å². The summed E-state index contributed by atoms with van der Waals surface area (Å²) in [5, 5.41) is -19.4. The van der Waals surface area contributed by atoms with Gasteiger partial charge in [-0.1, -0.05) is 5.57 Å². The Balaban J connectivity index is 1.03. The second-order valence-electron chi connectivity index (χ2n) is 41.3. The zero-order chi connectivity index (χ0) is 88.3. The van der Waals surface area contributed by atoms with Crippen LogP contribution in [-0.4, -0.2) is 86.5 Å². The second-order valence-corrected chi connectivity index (χ2v) is 41.3. The normalized spacial score (nSPS) is 46.8. The van der Waals surface area contributed by atoms with Gasteiger partial charge in [0.1, 0.15) is 75.8 Å². The first kappa shape index (κ1) is 68.7. The summed E-state index contributed by atoms with van der Waals surface area (Å²) in [5.74, 6) is -71.9. The molecule has 0 N–H and O–H groups in total. The van der Waals surface area contributed by atoms with E-state index in [1.165, 1.54) is 0 Å². The zero-order valence-corrected chi connectivity index (χ0v) is 59.0. The third-order valence-electron chi connectivity index (χ3n) is 41.8. The molecule has 0 aromatic heterocycles. The van der Waals surface area contributed by atoms with Crippen LogP contribution in [0.5, 0.6) is 0 Å². The van der Waals surface area contributed by atoms with E-state index in [0.717, 1.165) is 0 Å². The first-order chi connectivity index (χ1) is 57.6. The first-order valence-corrected chi connectivity index (χ1v) is 39.4. The highest BCUT2D eigenvalue weighted by molar-refractivity contribution is 6.36. The Kier molecular flexibility index (Phi) is 7.91. The predicted molar refractivity (Wildman–Crippen MR) is 327 cm³/mol. The van der Waals surface area contributed by atoms with Crippen LogP contribution >= 0.6 is 0 Å². The molecule has 0 saturated heterocycles. The Bertz CT molecular complexity index is 7910. The minimum atomic E-state index is -8.18. The number of allylic oxidation sites excluding steroid dienone is 8. The van der Waals surface area contributed by atoms with Gasteiger partial charge in [-0.15, -0.1) is 0 Å². The van der Waals surface area contributed by atoms with E-state index in [9.17, 15) is 0 Å². The molecule has 28 atom stereocenters. The third-order valence-corrected chi connectivity index (χ3v) is 41.8. The Labute approximate surface area is 660 Å². The van der Waals surface area contributed by atoms with Crippen LogP contribution < -0.4 is 0 Å². The van der Waals surface area contributed by atoms with Crippen molar-refractivity contribution >= 4 is 59.8 Å². The van der Waals surface area contributed by atoms with E-state index in [2.05, 4.69) is 0 Å². The molecule has 126 heavy (non-hydrogen) atoms. The highest BCUT2D eigenvalue weighted by atomic mass is 19.5. The van der Waals surface area contributed by atoms with Gasteiger partial charge in [0.15, 0.2) is 0 Å². The van der Waals surface area contributed by atoms with Gasteiger partial charge in [-0.2, -0.15) is 184 Å². The SMILES string of the molecule is FC(F)(F)C12C3=C4c5c6c7c8c9c%10c%11c%12c%13c%14c%15c%11c8c5C%15(C(F)(F)F)C3C3C1=C1C5(C(F)(F)F)c8c%11c%15c%16c%17c8C8(C(F)(F)F)c%18c%19c%20c%21c%22c%18c%18c%23c%24c(c-6c6c(c%24%22)C%21(C(F)(F)F)C%21C%22=C%20C(C%20C(C%22C9(C(F)(F)F)C%21C67C(F)(F)F)C%10(C(F)(F)F)C%12=C(C%15(C(F)(F)F)C%13C(C1%11C(F)(F)F)C%143C(F)(F)F)C%16%20C(F)(F)F)C%17%19C(F)(F)F)C4(C(F)(F)F)C%23C2C5C%188. The summed E-state index contributed by atoms with van der Waals surface area (Å²) in [5.41, 5.74) is -192. The molecular formula is C84H14F42. The molecule has 0 amide bonds. The van der Waals surface area contributed by atoms with Crippen LogP contribution in [0, 0.1) is 70.5 Å². The molecule has 0 spiro atoms. The number of hydrogen-bond donors (Lipinski definition) is 0. The summed E-state index contributed by atoms with van der Waals surface area (Å²) >= 11 is 0. The lowest BCUT2D eigenvalue weighted by atomic mass is 9.28. The monoisotopic (exact) mass is 1820 g/mol. The minimum Gasteiger partial charge on any atom is -0.170 e. The van der Waals surface area contributed by atoms with Gasteiger partial charge in [0, 0.05) is 59.2 Å². The van der Waals surface area contributed by atoms with E-state index in [-0.39, 0.29) is 0 Å². The quantitative estimate of drug-likeness (QED) is 0.0807. The van der Waals surface area contributed by atoms with Crippen LogP contribution in [0.2, 0.25) is 0 Å². The number of hydrogen-bond acceptors (Lipinski definition) is 0. The van der Waals surface area contributed by atoms with Crippen LogP contribution in [0.1, 0.15) is 151 Å². The molecule has 30 aliphatic carbocycles. The van der Waals surface area contributed by atoms with E-state index in [1.54, 1.807) is 0 Å².